The molecule has 1 amide bonds. The van der Waals surface area contributed by atoms with Crippen molar-refractivity contribution in [3.8, 4) is 0 Å². The zero-order valence-corrected chi connectivity index (χ0v) is 15.7. The fraction of sp³-hybridized carbons (Fsp3) is 0.222. The van der Waals surface area contributed by atoms with E-state index in [4.69, 9.17) is 0 Å². The molecule has 0 unspecified atom stereocenters. The molecule has 0 saturated carbocycles. The molecule has 25 heavy (non-hydrogen) atoms. The highest BCUT2D eigenvalue weighted by atomic mass is 32.1. The Hall–Kier alpha value is -2.25. The molecule has 0 bridgehead atoms. The molecule has 0 fully saturated rings. The average molecular weight is 373 g/mol. The zero-order chi connectivity index (χ0) is 17.7. The number of thiophene rings is 1. The van der Waals surface area contributed by atoms with E-state index in [2.05, 4.69) is 15.6 Å². The molecule has 0 spiro atoms. The van der Waals surface area contributed by atoms with Crippen LogP contribution in [0.2, 0.25) is 0 Å². The molecule has 0 aliphatic rings. The Morgan fingerprint density at radius 3 is 2.88 bits per heavy atom. The highest BCUT2D eigenvalue weighted by molar-refractivity contribution is 7.20. The van der Waals surface area contributed by atoms with Gasteiger partial charge in [0.25, 0.3) is 5.91 Å². The molecular formula is C18H16FN3OS2. The second-order valence-corrected chi connectivity index (χ2v) is 8.39. The first-order valence-corrected chi connectivity index (χ1v) is 9.44. The molecule has 0 aliphatic heterocycles. The maximum Gasteiger partial charge on any atom is 0.264 e. The van der Waals surface area contributed by atoms with Crippen molar-refractivity contribution in [2.24, 2.45) is 0 Å². The van der Waals surface area contributed by atoms with Crippen LogP contribution in [0.5, 0.6) is 0 Å². The van der Waals surface area contributed by atoms with E-state index in [0.717, 1.165) is 26.4 Å². The van der Waals surface area contributed by atoms with Crippen molar-refractivity contribution in [1.82, 2.24) is 14.3 Å². The van der Waals surface area contributed by atoms with E-state index < -0.39 is 0 Å². The molecule has 0 N–H and O–H groups in total. The minimum absolute atomic E-state index is 0.0668. The van der Waals surface area contributed by atoms with Crippen LogP contribution in [0, 0.1) is 19.7 Å². The van der Waals surface area contributed by atoms with Gasteiger partial charge in [0.1, 0.15) is 5.82 Å². The first-order chi connectivity index (χ1) is 11.9. The Bertz CT molecular complexity index is 1110. The third-order valence-electron chi connectivity index (χ3n) is 4.16. The van der Waals surface area contributed by atoms with E-state index in [1.54, 1.807) is 35.4 Å². The van der Waals surface area contributed by atoms with Gasteiger partial charge in [-0.3, -0.25) is 9.20 Å². The number of carbonyl (C=O) groups is 1. The monoisotopic (exact) mass is 373 g/mol. The topological polar surface area (TPSA) is 37.6 Å². The SMILES string of the molecule is Cc1cn2c(CN(C)C(=O)c3cc4cc(F)ccc4s3)c(C)nc2s1. The molecule has 4 nitrogen and oxygen atoms in total. The van der Waals surface area contributed by atoms with Crippen molar-refractivity contribution in [1.29, 1.82) is 0 Å². The largest absolute Gasteiger partial charge is 0.335 e. The molecule has 7 heteroatoms. The quantitative estimate of drug-likeness (QED) is 0.525. The van der Waals surface area contributed by atoms with Gasteiger partial charge in [0.15, 0.2) is 4.96 Å². The molecule has 3 aromatic heterocycles. The van der Waals surface area contributed by atoms with Crippen molar-refractivity contribution in [3.63, 3.8) is 0 Å². The average Bonchev–Trinajstić information content (AvgIpc) is 3.20. The van der Waals surface area contributed by atoms with Crippen LogP contribution in [-0.2, 0) is 6.54 Å². The molecule has 0 radical (unpaired) electrons. The highest BCUT2D eigenvalue weighted by Crippen LogP contribution is 2.28. The Balaban J connectivity index is 1.63. The van der Waals surface area contributed by atoms with Crippen LogP contribution in [0.25, 0.3) is 15.0 Å². The summed E-state index contributed by atoms with van der Waals surface area (Å²) in [6.45, 7) is 4.49. The second kappa shape index (κ2) is 5.93. The van der Waals surface area contributed by atoms with E-state index in [1.165, 1.54) is 28.3 Å². The Kier molecular flexibility index (Phi) is 3.85. The lowest BCUT2D eigenvalue weighted by molar-refractivity contribution is 0.0788. The maximum atomic E-state index is 13.4. The Morgan fingerprint density at radius 1 is 1.28 bits per heavy atom. The Morgan fingerprint density at radius 2 is 2.08 bits per heavy atom. The molecule has 4 rings (SSSR count). The fourth-order valence-electron chi connectivity index (χ4n) is 2.90. The molecule has 128 valence electrons. The number of rotatable bonds is 3. The van der Waals surface area contributed by atoms with E-state index >= 15 is 0 Å². The summed E-state index contributed by atoms with van der Waals surface area (Å²) in [4.78, 5) is 21.8. The summed E-state index contributed by atoms with van der Waals surface area (Å²) < 4.78 is 16.3. The van der Waals surface area contributed by atoms with Crippen molar-refractivity contribution in [3.05, 3.63) is 57.4 Å². The summed E-state index contributed by atoms with van der Waals surface area (Å²) in [6.07, 6.45) is 2.05. The smallest absolute Gasteiger partial charge is 0.264 e. The third kappa shape index (κ3) is 2.83. The maximum absolute atomic E-state index is 13.4. The summed E-state index contributed by atoms with van der Waals surface area (Å²) in [5.41, 5.74) is 1.95. The minimum atomic E-state index is -0.289. The van der Waals surface area contributed by atoms with E-state index in [-0.39, 0.29) is 11.7 Å². The summed E-state index contributed by atoms with van der Waals surface area (Å²) in [6, 6.07) is 6.35. The second-order valence-electron chi connectivity index (χ2n) is 6.09. The van der Waals surface area contributed by atoms with Crippen LogP contribution in [-0.4, -0.2) is 27.2 Å². The lowest BCUT2D eigenvalue weighted by Crippen LogP contribution is -2.26. The number of amides is 1. The normalized spacial score (nSPS) is 11.5. The van der Waals surface area contributed by atoms with Crippen molar-refractivity contribution >= 4 is 43.6 Å². The van der Waals surface area contributed by atoms with Crippen LogP contribution in [0.15, 0.2) is 30.5 Å². The molecular weight excluding hydrogens is 357 g/mol. The van der Waals surface area contributed by atoms with Gasteiger partial charge in [0, 0.05) is 22.8 Å². The molecule has 0 atom stereocenters. The highest BCUT2D eigenvalue weighted by Gasteiger charge is 2.19. The molecule has 1 aromatic carbocycles. The zero-order valence-electron chi connectivity index (χ0n) is 14.0. The number of hydrogen-bond donors (Lipinski definition) is 0. The summed E-state index contributed by atoms with van der Waals surface area (Å²) in [7, 11) is 1.78. The standard InChI is InChI=1S/C18H16FN3OS2/c1-10-8-22-14(11(2)20-18(22)24-10)9-21(3)17(23)16-7-12-6-13(19)4-5-15(12)25-16/h4-8H,9H2,1-3H3. The minimum Gasteiger partial charge on any atom is -0.335 e. The number of thiazole rings is 1. The van der Waals surface area contributed by atoms with Gasteiger partial charge in [-0.25, -0.2) is 9.37 Å². The fourth-order valence-corrected chi connectivity index (χ4v) is 4.83. The van der Waals surface area contributed by atoms with Gasteiger partial charge in [-0.1, -0.05) is 0 Å². The number of aryl methyl sites for hydroxylation is 2. The molecule has 0 saturated heterocycles. The van der Waals surface area contributed by atoms with Crippen LogP contribution >= 0.6 is 22.7 Å². The predicted molar refractivity (Wildman–Crippen MR) is 100 cm³/mol. The van der Waals surface area contributed by atoms with Gasteiger partial charge in [-0.05, 0) is 43.5 Å². The van der Waals surface area contributed by atoms with Crippen LogP contribution in [0.4, 0.5) is 4.39 Å². The van der Waals surface area contributed by atoms with Crippen LogP contribution in [0.3, 0.4) is 0 Å². The number of halogens is 1. The van der Waals surface area contributed by atoms with Crippen molar-refractivity contribution < 1.29 is 9.18 Å². The van der Waals surface area contributed by atoms with Gasteiger partial charge in [0.05, 0.1) is 22.8 Å². The van der Waals surface area contributed by atoms with Gasteiger partial charge >= 0.3 is 0 Å². The summed E-state index contributed by atoms with van der Waals surface area (Å²) in [5.74, 6) is -0.356. The lowest BCUT2D eigenvalue weighted by atomic mass is 10.2. The van der Waals surface area contributed by atoms with Gasteiger partial charge < -0.3 is 4.90 Å². The van der Waals surface area contributed by atoms with Gasteiger partial charge in [-0.15, -0.1) is 22.7 Å². The number of hydrogen-bond acceptors (Lipinski definition) is 4. The number of carbonyl (C=O) groups excluding carboxylic acids is 1. The molecule has 0 aliphatic carbocycles. The van der Waals surface area contributed by atoms with E-state index in [9.17, 15) is 9.18 Å². The summed E-state index contributed by atoms with van der Waals surface area (Å²) >= 11 is 3.03. The van der Waals surface area contributed by atoms with E-state index in [0.29, 0.717) is 11.4 Å². The lowest BCUT2D eigenvalue weighted by Gasteiger charge is -2.16. The first-order valence-electron chi connectivity index (χ1n) is 7.81. The number of benzene rings is 1. The number of aromatic nitrogens is 2. The van der Waals surface area contributed by atoms with Crippen molar-refractivity contribution in [2.45, 2.75) is 20.4 Å². The van der Waals surface area contributed by atoms with Gasteiger partial charge in [0.2, 0.25) is 0 Å². The van der Waals surface area contributed by atoms with E-state index in [1.807, 2.05) is 13.8 Å². The third-order valence-corrected chi connectivity index (χ3v) is 6.17. The molecule has 4 aromatic rings. The number of fused-ring (bicyclic) bond motifs is 2. The number of nitrogens with zero attached hydrogens (tertiary/aromatic N) is 3. The first kappa shape index (κ1) is 16.2. The predicted octanol–water partition coefficient (Wildman–Crippen LogP) is 4.64. The Labute approximate surface area is 152 Å². The number of imidazole rings is 1. The van der Waals surface area contributed by atoms with Crippen LogP contribution in [0.1, 0.15) is 25.9 Å². The summed E-state index contributed by atoms with van der Waals surface area (Å²) in [5, 5.41) is 0.762. The van der Waals surface area contributed by atoms with Crippen molar-refractivity contribution in [2.75, 3.05) is 7.05 Å². The van der Waals surface area contributed by atoms with Crippen LogP contribution < -0.4 is 0 Å². The molecule has 3 heterocycles. The van der Waals surface area contributed by atoms with Gasteiger partial charge in [-0.2, -0.15) is 0 Å².